The van der Waals surface area contributed by atoms with Gasteiger partial charge in [0.25, 0.3) is 0 Å². The second kappa shape index (κ2) is 1.94. The van der Waals surface area contributed by atoms with Crippen LogP contribution in [-0.2, 0) is 0 Å². The molecule has 0 spiro atoms. The molecule has 0 fully saturated rings. The lowest BCUT2D eigenvalue weighted by Crippen LogP contribution is -2.18. The fourth-order valence-corrected chi connectivity index (χ4v) is 1.03. The Bertz CT molecular complexity index is 224. The summed E-state index contributed by atoms with van der Waals surface area (Å²) in [5.41, 5.74) is 0. The van der Waals surface area contributed by atoms with Crippen molar-refractivity contribution in [3.05, 3.63) is 24.3 Å². The lowest BCUT2D eigenvalue weighted by atomic mass is 9.97. The predicted molar refractivity (Wildman–Crippen MR) is 39.3 cm³/mol. The van der Waals surface area contributed by atoms with E-state index in [1.807, 2.05) is 31.1 Å². The van der Waals surface area contributed by atoms with Crippen molar-refractivity contribution in [3.8, 4) is 11.5 Å². The Morgan fingerprint density at radius 2 is 1.60 bits per heavy atom. The van der Waals surface area contributed by atoms with Gasteiger partial charge in [-0.25, -0.2) is 0 Å². The number of para-hydroxylation sites is 2. The summed E-state index contributed by atoms with van der Waals surface area (Å²) in [6.07, 6.45) is 0. The molecule has 10 heavy (non-hydrogen) atoms. The van der Waals surface area contributed by atoms with Gasteiger partial charge in [0, 0.05) is 0 Å². The highest BCUT2D eigenvalue weighted by molar-refractivity contribution is 6.45. The van der Waals surface area contributed by atoms with Gasteiger partial charge in [-0.15, -0.1) is 0 Å². The molecule has 50 valence electrons. The van der Waals surface area contributed by atoms with E-state index < -0.39 is 0 Å². The zero-order valence-corrected chi connectivity index (χ0v) is 5.70. The minimum atomic E-state index is -0.127. The van der Waals surface area contributed by atoms with E-state index in [0.717, 1.165) is 11.5 Å². The van der Waals surface area contributed by atoms with Crippen LogP contribution in [0.25, 0.3) is 0 Å². The molecular formula is C7H7BO2. The Morgan fingerprint density at radius 1 is 1.10 bits per heavy atom. The molecule has 0 aliphatic carbocycles. The highest BCUT2D eigenvalue weighted by Gasteiger charge is 2.24. The summed E-state index contributed by atoms with van der Waals surface area (Å²) in [5, 5.41) is 0. The monoisotopic (exact) mass is 134 g/mol. The van der Waals surface area contributed by atoms with Crippen LogP contribution in [0.15, 0.2) is 24.3 Å². The average Bonchev–Trinajstić information content (AvgIpc) is 2.27. The first-order valence-corrected chi connectivity index (χ1v) is 3.28. The highest BCUT2D eigenvalue weighted by Crippen LogP contribution is 2.32. The first-order chi connectivity index (χ1) is 4.86. The Hall–Kier alpha value is -1.12. The van der Waals surface area contributed by atoms with Gasteiger partial charge in [0.1, 0.15) is 11.5 Å². The van der Waals surface area contributed by atoms with Gasteiger partial charge in [0.05, 0.1) is 0 Å². The summed E-state index contributed by atoms with van der Waals surface area (Å²) in [5.74, 6) is 1.69. The summed E-state index contributed by atoms with van der Waals surface area (Å²) >= 11 is 0. The van der Waals surface area contributed by atoms with E-state index in [-0.39, 0.29) is 7.12 Å². The molecule has 1 heterocycles. The van der Waals surface area contributed by atoms with Gasteiger partial charge in [0.15, 0.2) is 0 Å². The van der Waals surface area contributed by atoms with Crippen LogP contribution in [0, 0.1) is 0 Å². The largest absolute Gasteiger partial charge is 0.591 e. The van der Waals surface area contributed by atoms with Crippen molar-refractivity contribution in [3.63, 3.8) is 0 Å². The van der Waals surface area contributed by atoms with Gasteiger partial charge in [-0.1, -0.05) is 12.1 Å². The van der Waals surface area contributed by atoms with Gasteiger partial charge < -0.3 is 9.31 Å². The Balaban J connectivity index is 2.42. The zero-order valence-electron chi connectivity index (χ0n) is 5.70. The molecule has 0 amide bonds. The van der Waals surface area contributed by atoms with Crippen LogP contribution in [0.4, 0.5) is 0 Å². The quantitative estimate of drug-likeness (QED) is 0.501. The number of hydrogen-bond donors (Lipinski definition) is 0. The lowest BCUT2D eigenvalue weighted by molar-refractivity contribution is 0.510. The molecule has 0 unspecified atom stereocenters. The van der Waals surface area contributed by atoms with E-state index in [0.29, 0.717) is 0 Å². The standard InChI is InChI=1S/C7H7BO2/c1-8-9-6-4-2-3-5-7(6)10-8/h2-5H,1H3. The molecule has 0 N–H and O–H groups in total. The average molecular weight is 134 g/mol. The fourth-order valence-electron chi connectivity index (χ4n) is 1.03. The normalized spacial score (nSPS) is 13.9. The third kappa shape index (κ3) is 0.745. The van der Waals surface area contributed by atoms with Crippen LogP contribution < -0.4 is 9.31 Å². The minimum absolute atomic E-state index is 0.127. The van der Waals surface area contributed by atoms with Crippen LogP contribution in [0.1, 0.15) is 0 Å². The molecule has 0 atom stereocenters. The number of hydrogen-bond acceptors (Lipinski definition) is 2. The first kappa shape index (κ1) is 5.65. The van der Waals surface area contributed by atoms with Crippen molar-refractivity contribution in [1.82, 2.24) is 0 Å². The predicted octanol–water partition coefficient (Wildman–Crippen LogP) is 1.58. The molecule has 0 bridgehead atoms. The Kier molecular flexibility index (Phi) is 1.10. The summed E-state index contributed by atoms with van der Waals surface area (Å²) in [4.78, 5) is 0. The van der Waals surface area contributed by atoms with Gasteiger partial charge in [-0.2, -0.15) is 0 Å². The molecule has 1 aliphatic heterocycles. The second-order valence-corrected chi connectivity index (χ2v) is 2.25. The molecule has 2 rings (SSSR count). The fraction of sp³-hybridized carbons (Fsp3) is 0.143. The third-order valence-electron chi connectivity index (χ3n) is 1.44. The zero-order chi connectivity index (χ0) is 6.97. The van der Waals surface area contributed by atoms with Crippen LogP contribution >= 0.6 is 0 Å². The van der Waals surface area contributed by atoms with E-state index in [2.05, 4.69) is 0 Å². The van der Waals surface area contributed by atoms with Crippen molar-refractivity contribution in [2.24, 2.45) is 0 Å². The molecule has 1 aliphatic rings. The van der Waals surface area contributed by atoms with Crippen LogP contribution in [0.5, 0.6) is 11.5 Å². The number of benzene rings is 1. The molecule has 0 saturated heterocycles. The van der Waals surface area contributed by atoms with Crippen LogP contribution in [0.2, 0.25) is 6.82 Å². The Morgan fingerprint density at radius 3 is 2.10 bits per heavy atom. The maximum atomic E-state index is 5.28. The third-order valence-corrected chi connectivity index (χ3v) is 1.44. The molecule has 0 saturated carbocycles. The van der Waals surface area contributed by atoms with E-state index >= 15 is 0 Å². The van der Waals surface area contributed by atoms with Crippen molar-refractivity contribution >= 4 is 7.12 Å². The molecule has 0 aromatic heterocycles. The van der Waals surface area contributed by atoms with Crippen molar-refractivity contribution in [1.29, 1.82) is 0 Å². The number of fused-ring (bicyclic) bond motifs is 1. The molecule has 2 nitrogen and oxygen atoms in total. The minimum Gasteiger partial charge on any atom is -0.523 e. The maximum absolute atomic E-state index is 5.28. The van der Waals surface area contributed by atoms with Crippen LogP contribution in [-0.4, -0.2) is 7.12 Å². The smallest absolute Gasteiger partial charge is 0.523 e. The van der Waals surface area contributed by atoms with Crippen molar-refractivity contribution in [2.75, 3.05) is 0 Å². The van der Waals surface area contributed by atoms with E-state index in [9.17, 15) is 0 Å². The molecule has 3 heteroatoms. The van der Waals surface area contributed by atoms with E-state index in [1.54, 1.807) is 0 Å². The van der Waals surface area contributed by atoms with Crippen molar-refractivity contribution < 1.29 is 9.31 Å². The van der Waals surface area contributed by atoms with E-state index in [4.69, 9.17) is 9.31 Å². The van der Waals surface area contributed by atoms with Crippen LogP contribution in [0.3, 0.4) is 0 Å². The maximum Gasteiger partial charge on any atom is 0.591 e. The molecule has 1 aromatic rings. The SMILES string of the molecule is CB1Oc2ccccc2O1. The number of rotatable bonds is 0. The summed E-state index contributed by atoms with van der Waals surface area (Å²) in [6.45, 7) is 1.88. The van der Waals surface area contributed by atoms with Gasteiger partial charge in [-0.3, -0.25) is 0 Å². The summed E-state index contributed by atoms with van der Waals surface area (Å²) < 4.78 is 10.6. The Labute approximate surface area is 59.9 Å². The lowest BCUT2D eigenvalue weighted by Gasteiger charge is -1.93. The topological polar surface area (TPSA) is 18.5 Å². The second-order valence-electron chi connectivity index (χ2n) is 2.25. The molecule has 0 radical (unpaired) electrons. The van der Waals surface area contributed by atoms with Crippen molar-refractivity contribution in [2.45, 2.75) is 6.82 Å². The van der Waals surface area contributed by atoms with Gasteiger partial charge >= 0.3 is 7.12 Å². The molecule has 1 aromatic carbocycles. The highest BCUT2D eigenvalue weighted by atomic mass is 16.6. The first-order valence-electron chi connectivity index (χ1n) is 3.28. The summed E-state index contributed by atoms with van der Waals surface area (Å²) in [6, 6.07) is 7.66. The van der Waals surface area contributed by atoms with E-state index in [1.165, 1.54) is 0 Å². The van der Waals surface area contributed by atoms with Gasteiger partial charge in [-0.05, 0) is 19.0 Å². The molecular weight excluding hydrogens is 127 g/mol. The van der Waals surface area contributed by atoms with Gasteiger partial charge in [0.2, 0.25) is 0 Å². The summed E-state index contributed by atoms with van der Waals surface area (Å²) in [7, 11) is -0.127.